The molecule has 150 valence electrons. The summed E-state index contributed by atoms with van der Waals surface area (Å²) >= 11 is 12.2. The van der Waals surface area contributed by atoms with Crippen molar-refractivity contribution in [2.24, 2.45) is 0 Å². The lowest BCUT2D eigenvalue weighted by Crippen LogP contribution is -2.40. The first-order valence-corrected chi connectivity index (χ1v) is 11.1. The Morgan fingerprint density at radius 1 is 1.07 bits per heavy atom. The summed E-state index contributed by atoms with van der Waals surface area (Å²) in [6.07, 6.45) is 8.06. The van der Waals surface area contributed by atoms with Crippen molar-refractivity contribution in [3.63, 3.8) is 0 Å². The van der Waals surface area contributed by atoms with E-state index in [1.807, 2.05) is 12.1 Å². The highest BCUT2D eigenvalue weighted by molar-refractivity contribution is 6.34. The Hall–Kier alpha value is -1.52. The Balaban J connectivity index is 1.50. The second-order valence-electron chi connectivity index (χ2n) is 8.12. The topological polar surface area (TPSA) is 38.1 Å². The van der Waals surface area contributed by atoms with Gasteiger partial charge in [-0.05, 0) is 81.7 Å². The fraction of sp³-hybridized carbons (Fsp3) is 0.545. The van der Waals surface area contributed by atoms with Gasteiger partial charge in [0.1, 0.15) is 0 Å². The summed E-state index contributed by atoms with van der Waals surface area (Å²) in [6, 6.07) is 8.35. The SMILES string of the molecule is Cc1cc([C@H]2CCCCN2C(=O)CCc2cc(Cl)cc(Cl)c2)n(C2CCC2)n1. The summed E-state index contributed by atoms with van der Waals surface area (Å²) in [5, 5.41) is 6.00. The molecule has 28 heavy (non-hydrogen) atoms. The molecule has 1 amide bonds. The molecule has 0 bridgehead atoms. The molecular weight excluding hydrogens is 393 g/mol. The lowest BCUT2D eigenvalue weighted by molar-refractivity contribution is -0.135. The minimum atomic E-state index is 0.144. The van der Waals surface area contributed by atoms with E-state index >= 15 is 0 Å². The summed E-state index contributed by atoms with van der Waals surface area (Å²) in [6.45, 7) is 2.88. The molecule has 1 aliphatic heterocycles. The number of benzene rings is 1. The van der Waals surface area contributed by atoms with Crippen LogP contribution >= 0.6 is 23.2 Å². The Morgan fingerprint density at radius 3 is 2.50 bits per heavy atom. The average Bonchev–Trinajstić information content (AvgIpc) is 2.98. The number of nitrogens with zero attached hydrogens (tertiary/aromatic N) is 3. The second-order valence-corrected chi connectivity index (χ2v) is 8.99. The van der Waals surface area contributed by atoms with Crippen molar-refractivity contribution in [1.29, 1.82) is 0 Å². The highest BCUT2D eigenvalue weighted by Gasteiger charge is 2.33. The van der Waals surface area contributed by atoms with Crippen LogP contribution < -0.4 is 0 Å². The number of carbonyl (C=O) groups is 1. The molecule has 2 aliphatic rings. The first-order valence-electron chi connectivity index (χ1n) is 10.3. The van der Waals surface area contributed by atoms with E-state index in [0.29, 0.717) is 28.9 Å². The lowest BCUT2D eigenvalue weighted by atomic mass is 9.91. The fourth-order valence-corrected chi connectivity index (χ4v) is 4.97. The van der Waals surface area contributed by atoms with Crippen LogP contribution in [-0.4, -0.2) is 27.1 Å². The number of carbonyl (C=O) groups excluding carboxylic acids is 1. The minimum absolute atomic E-state index is 0.144. The van der Waals surface area contributed by atoms with Gasteiger partial charge in [0.2, 0.25) is 5.91 Å². The normalized spacial score (nSPS) is 20.2. The number of piperidine rings is 1. The van der Waals surface area contributed by atoms with Crippen molar-refractivity contribution >= 4 is 29.1 Å². The van der Waals surface area contributed by atoms with Crippen molar-refractivity contribution in [1.82, 2.24) is 14.7 Å². The van der Waals surface area contributed by atoms with Gasteiger partial charge in [-0.25, -0.2) is 0 Å². The molecule has 1 aliphatic carbocycles. The first kappa shape index (κ1) is 19.8. The maximum Gasteiger partial charge on any atom is 0.223 e. The molecule has 0 N–H and O–H groups in total. The van der Waals surface area contributed by atoms with Gasteiger partial charge in [0.25, 0.3) is 0 Å². The van der Waals surface area contributed by atoms with Crippen molar-refractivity contribution < 1.29 is 4.79 Å². The predicted molar refractivity (Wildman–Crippen MR) is 113 cm³/mol. The number of amides is 1. The number of hydrogen-bond donors (Lipinski definition) is 0. The minimum Gasteiger partial charge on any atom is -0.334 e. The van der Waals surface area contributed by atoms with Gasteiger partial charge < -0.3 is 4.90 Å². The maximum atomic E-state index is 13.1. The zero-order valence-electron chi connectivity index (χ0n) is 16.3. The van der Waals surface area contributed by atoms with E-state index in [0.717, 1.165) is 37.1 Å². The molecule has 0 spiro atoms. The van der Waals surface area contributed by atoms with E-state index in [1.54, 1.807) is 6.07 Å². The third kappa shape index (κ3) is 4.23. The molecule has 4 rings (SSSR count). The molecule has 1 aromatic heterocycles. The zero-order chi connectivity index (χ0) is 19.7. The maximum absolute atomic E-state index is 13.1. The van der Waals surface area contributed by atoms with E-state index in [2.05, 4.69) is 22.6 Å². The molecule has 2 aromatic rings. The van der Waals surface area contributed by atoms with Crippen LogP contribution in [0.25, 0.3) is 0 Å². The zero-order valence-corrected chi connectivity index (χ0v) is 17.8. The van der Waals surface area contributed by atoms with Crippen LogP contribution in [0, 0.1) is 6.92 Å². The van der Waals surface area contributed by atoms with E-state index in [9.17, 15) is 4.79 Å². The molecule has 1 saturated carbocycles. The number of aromatic nitrogens is 2. The third-order valence-corrected chi connectivity index (χ3v) is 6.46. The van der Waals surface area contributed by atoms with Gasteiger partial charge >= 0.3 is 0 Å². The number of likely N-dealkylation sites (tertiary alicyclic amines) is 1. The molecule has 1 saturated heterocycles. The summed E-state index contributed by atoms with van der Waals surface area (Å²) < 4.78 is 2.21. The van der Waals surface area contributed by atoms with Crippen LogP contribution in [0.15, 0.2) is 24.3 Å². The van der Waals surface area contributed by atoms with Crippen molar-refractivity contribution in [3.05, 3.63) is 51.3 Å². The van der Waals surface area contributed by atoms with Gasteiger partial charge in [0, 0.05) is 23.0 Å². The predicted octanol–water partition coefficient (Wildman–Crippen LogP) is 5.91. The second kappa shape index (κ2) is 8.46. The average molecular weight is 420 g/mol. The van der Waals surface area contributed by atoms with Gasteiger partial charge in [-0.15, -0.1) is 0 Å². The van der Waals surface area contributed by atoms with E-state index < -0.39 is 0 Å². The molecule has 2 heterocycles. The van der Waals surface area contributed by atoms with Crippen LogP contribution in [0.3, 0.4) is 0 Å². The van der Waals surface area contributed by atoms with Crippen LogP contribution in [0.2, 0.25) is 10.0 Å². The van der Waals surface area contributed by atoms with E-state index in [-0.39, 0.29) is 11.9 Å². The van der Waals surface area contributed by atoms with Crippen LogP contribution in [0.1, 0.15) is 74.0 Å². The highest BCUT2D eigenvalue weighted by atomic mass is 35.5. The largest absolute Gasteiger partial charge is 0.334 e. The Bertz CT molecular complexity index is 839. The third-order valence-electron chi connectivity index (χ3n) is 6.02. The van der Waals surface area contributed by atoms with E-state index in [1.165, 1.54) is 25.0 Å². The molecule has 2 fully saturated rings. The number of rotatable bonds is 5. The molecular formula is C22H27Cl2N3O. The summed E-state index contributed by atoms with van der Waals surface area (Å²) in [7, 11) is 0. The van der Waals surface area contributed by atoms with Gasteiger partial charge in [0.05, 0.1) is 23.5 Å². The molecule has 0 unspecified atom stereocenters. The number of aryl methyl sites for hydroxylation is 2. The quantitative estimate of drug-likeness (QED) is 0.603. The number of hydrogen-bond acceptors (Lipinski definition) is 2. The molecule has 4 nitrogen and oxygen atoms in total. The van der Waals surface area contributed by atoms with Crippen molar-refractivity contribution in [3.8, 4) is 0 Å². The first-order chi connectivity index (χ1) is 13.5. The lowest BCUT2D eigenvalue weighted by Gasteiger charge is -2.38. The van der Waals surface area contributed by atoms with Crippen molar-refractivity contribution in [2.45, 2.75) is 70.4 Å². The van der Waals surface area contributed by atoms with Gasteiger partial charge in [0.15, 0.2) is 0 Å². The van der Waals surface area contributed by atoms with Crippen molar-refractivity contribution in [2.75, 3.05) is 6.54 Å². The summed E-state index contributed by atoms with van der Waals surface area (Å²) in [5.74, 6) is 0.208. The van der Waals surface area contributed by atoms with E-state index in [4.69, 9.17) is 28.3 Å². The fourth-order valence-electron chi connectivity index (χ4n) is 4.40. The molecule has 1 aromatic carbocycles. The Labute approximate surface area is 176 Å². The number of halogens is 2. The molecule has 1 atom stereocenters. The van der Waals surface area contributed by atoms with Gasteiger partial charge in [-0.2, -0.15) is 5.10 Å². The van der Waals surface area contributed by atoms with Gasteiger partial charge in [-0.1, -0.05) is 23.2 Å². The standard InChI is InChI=1S/C22H27Cl2N3O/c1-15-11-21(27(25-15)19-5-4-6-19)20-7-2-3-10-26(20)22(28)9-8-16-12-17(23)14-18(24)13-16/h11-14,19-20H,2-10H2,1H3/t20-/m1/s1. The molecule has 0 radical (unpaired) electrons. The van der Waals surface area contributed by atoms with Crippen LogP contribution in [0.5, 0.6) is 0 Å². The molecule has 6 heteroatoms. The van der Waals surface area contributed by atoms with Crippen LogP contribution in [0.4, 0.5) is 0 Å². The summed E-state index contributed by atoms with van der Waals surface area (Å²) in [4.78, 5) is 15.2. The monoisotopic (exact) mass is 419 g/mol. The highest BCUT2D eigenvalue weighted by Crippen LogP contribution is 2.38. The summed E-state index contributed by atoms with van der Waals surface area (Å²) in [5.41, 5.74) is 3.28. The smallest absolute Gasteiger partial charge is 0.223 e. The Kier molecular flexibility index (Phi) is 5.98. The van der Waals surface area contributed by atoms with Crippen LogP contribution in [-0.2, 0) is 11.2 Å². The van der Waals surface area contributed by atoms with Gasteiger partial charge in [-0.3, -0.25) is 9.48 Å². The Morgan fingerprint density at radius 2 is 1.82 bits per heavy atom.